The molecule has 0 bridgehead atoms. The van der Waals surface area contributed by atoms with Crippen LogP contribution in [0.1, 0.15) is 15.9 Å². The van der Waals surface area contributed by atoms with E-state index < -0.39 is 18.5 Å². The molecule has 0 fully saturated rings. The van der Waals surface area contributed by atoms with Crippen LogP contribution >= 0.6 is 0 Å². The quantitative estimate of drug-likeness (QED) is 0.479. The monoisotopic (exact) mass is 311 g/mol. The lowest BCUT2D eigenvalue weighted by molar-refractivity contribution is -0.137. The van der Waals surface area contributed by atoms with E-state index in [2.05, 4.69) is 4.74 Å². The summed E-state index contributed by atoms with van der Waals surface area (Å²) in [6.45, 7) is 1.42. The van der Waals surface area contributed by atoms with E-state index in [4.69, 9.17) is 14.7 Å². The maximum atomic E-state index is 11.8. The smallest absolute Gasteiger partial charge is 0.349 e. The second-order valence-electron chi connectivity index (χ2n) is 4.58. The first-order valence-electron chi connectivity index (χ1n) is 6.69. The number of hydrogen-bond donors (Lipinski definition) is 0. The minimum atomic E-state index is -0.674. The van der Waals surface area contributed by atoms with Crippen LogP contribution in [0, 0.1) is 18.4 Å². The van der Waals surface area contributed by atoms with Crippen LogP contribution in [0.15, 0.2) is 48.5 Å². The highest BCUT2D eigenvalue weighted by molar-refractivity contribution is 5.91. The molecule has 0 saturated carbocycles. The fourth-order valence-corrected chi connectivity index (χ4v) is 1.69. The normalized spacial score (nSPS) is 9.57. The lowest BCUT2D eigenvalue weighted by Gasteiger charge is -2.06. The average molecular weight is 311 g/mol. The van der Waals surface area contributed by atoms with Crippen molar-refractivity contribution in [2.45, 2.75) is 6.92 Å². The Morgan fingerprint density at radius 2 is 1.61 bits per heavy atom. The number of esters is 2. The molecule has 0 spiro atoms. The summed E-state index contributed by atoms with van der Waals surface area (Å²) < 4.78 is 14.5. The number of hydrogen-bond acceptors (Lipinski definition) is 6. The third-order valence-electron chi connectivity index (χ3n) is 2.83. The number of carbonyl (C=O) groups excluding carboxylic acids is 2. The molecule has 0 N–H and O–H groups in total. The van der Waals surface area contributed by atoms with E-state index >= 15 is 0 Å². The summed E-state index contributed by atoms with van der Waals surface area (Å²) in [5, 5.41) is 8.36. The molecule has 0 aliphatic carbocycles. The Balaban J connectivity index is 1.84. The van der Waals surface area contributed by atoms with Gasteiger partial charge in [-0.1, -0.05) is 17.7 Å². The van der Waals surface area contributed by atoms with Gasteiger partial charge in [0.1, 0.15) is 11.5 Å². The fourth-order valence-electron chi connectivity index (χ4n) is 1.69. The van der Waals surface area contributed by atoms with Crippen LogP contribution in [0.5, 0.6) is 11.5 Å². The summed E-state index contributed by atoms with van der Waals surface area (Å²) in [4.78, 5) is 23.4. The predicted octanol–water partition coefficient (Wildman–Crippen LogP) is 2.62. The van der Waals surface area contributed by atoms with Crippen molar-refractivity contribution in [2.24, 2.45) is 0 Å². The highest BCUT2D eigenvalue weighted by Crippen LogP contribution is 2.13. The Kier molecular flexibility index (Phi) is 5.31. The highest BCUT2D eigenvalue weighted by Gasteiger charge is 2.12. The molecule has 2 rings (SSSR count). The molecule has 0 atom stereocenters. The minimum absolute atomic E-state index is 0.235. The molecule has 0 aliphatic heterocycles. The third kappa shape index (κ3) is 4.86. The summed E-state index contributed by atoms with van der Waals surface area (Å²) in [5.41, 5.74) is 1.28. The zero-order valence-corrected chi connectivity index (χ0v) is 12.3. The Morgan fingerprint density at radius 1 is 1.00 bits per heavy atom. The van der Waals surface area contributed by atoms with E-state index in [1.54, 1.807) is 24.3 Å². The van der Waals surface area contributed by atoms with Gasteiger partial charge >= 0.3 is 11.9 Å². The Morgan fingerprint density at radius 3 is 2.22 bits per heavy atom. The van der Waals surface area contributed by atoms with Gasteiger partial charge in [-0.05, 0) is 43.3 Å². The molecule has 0 heterocycles. The van der Waals surface area contributed by atoms with Gasteiger partial charge in [0.05, 0.1) is 5.56 Å². The highest BCUT2D eigenvalue weighted by atomic mass is 16.6. The van der Waals surface area contributed by atoms with Crippen molar-refractivity contribution < 1.29 is 23.8 Å². The molecule has 6 nitrogen and oxygen atoms in total. The molecule has 0 amide bonds. The molecule has 0 aromatic heterocycles. The lowest BCUT2D eigenvalue weighted by atomic mass is 10.2. The van der Waals surface area contributed by atoms with Gasteiger partial charge in [-0.15, -0.1) is 5.26 Å². The van der Waals surface area contributed by atoms with Crippen molar-refractivity contribution in [1.29, 1.82) is 5.26 Å². The van der Waals surface area contributed by atoms with Crippen molar-refractivity contribution in [3.8, 4) is 17.8 Å². The molecule has 2 aromatic rings. The van der Waals surface area contributed by atoms with Gasteiger partial charge in [0.2, 0.25) is 0 Å². The molecule has 2 aromatic carbocycles. The van der Waals surface area contributed by atoms with E-state index in [-0.39, 0.29) is 5.56 Å². The van der Waals surface area contributed by atoms with E-state index in [1.807, 2.05) is 6.92 Å². The first kappa shape index (κ1) is 16.0. The first-order chi connectivity index (χ1) is 11.1. The van der Waals surface area contributed by atoms with Crippen LogP contribution in [0.25, 0.3) is 0 Å². The second kappa shape index (κ2) is 7.61. The first-order valence-corrected chi connectivity index (χ1v) is 6.69. The number of carbonyl (C=O) groups is 2. The van der Waals surface area contributed by atoms with Crippen LogP contribution in [-0.2, 0) is 9.53 Å². The number of rotatable bonds is 5. The summed E-state index contributed by atoms with van der Waals surface area (Å²) in [7, 11) is 0. The molecule has 6 heteroatoms. The van der Waals surface area contributed by atoms with Gasteiger partial charge in [0, 0.05) is 0 Å². The summed E-state index contributed by atoms with van der Waals surface area (Å²) in [5.74, 6) is -0.654. The van der Waals surface area contributed by atoms with Gasteiger partial charge in [-0.25, -0.2) is 9.59 Å². The van der Waals surface area contributed by atoms with E-state index in [0.29, 0.717) is 11.5 Å². The molecular weight excluding hydrogens is 298 g/mol. The van der Waals surface area contributed by atoms with Crippen molar-refractivity contribution in [3.05, 3.63) is 59.7 Å². The Hall–Kier alpha value is -3.33. The van der Waals surface area contributed by atoms with Crippen molar-refractivity contribution in [1.82, 2.24) is 0 Å². The van der Waals surface area contributed by atoms with Gasteiger partial charge in [-0.3, -0.25) is 0 Å². The number of benzene rings is 2. The van der Waals surface area contributed by atoms with Crippen LogP contribution in [0.4, 0.5) is 0 Å². The van der Waals surface area contributed by atoms with Gasteiger partial charge in [-0.2, -0.15) is 0 Å². The van der Waals surface area contributed by atoms with Gasteiger partial charge < -0.3 is 14.2 Å². The standard InChI is InChI=1S/C17H13NO5/c1-12-2-6-15(7-3-12)23-16(19)10-21-17(20)13-4-8-14(9-5-13)22-11-18/h2-9H,10H2,1H3. The summed E-state index contributed by atoms with van der Waals surface area (Å²) in [6, 6.07) is 12.7. The van der Waals surface area contributed by atoms with Gasteiger partial charge in [0.25, 0.3) is 6.26 Å². The zero-order chi connectivity index (χ0) is 16.7. The average Bonchev–Trinajstić information content (AvgIpc) is 2.56. The zero-order valence-electron chi connectivity index (χ0n) is 12.3. The van der Waals surface area contributed by atoms with E-state index in [1.165, 1.54) is 30.5 Å². The Labute approximate surface area is 132 Å². The number of aryl methyl sites for hydroxylation is 1. The third-order valence-corrected chi connectivity index (χ3v) is 2.83. The largest absolute Gasteiger partial charge is 0.450 e. The molecule has 0 aliphatic rings. The number of nitriles is 1. The maximum absolute atomic E-state index is 11.8. The fraction of sp³-hybridized carbons (Fsp3) is 0.118. The van der Waals surface area contributed by atoms with Crippen molar-refractivity contribution in [2.75, 3.05) is 6.61 Å². The summed E-state index contributed by atoms with van der Waals surface area (Å²) in [6.07, 6.45) is 1.52. The van der Waals surface area contributed by atoms with Gasteiger partial charge in [0.15, 0.2) is 6.61 Å². The molecular formula is C17H13NO5. The number of ether oxygens (including phenoxy) is 3. The van der Waals surface area contributed by atoms with Crippen molar-refractivity contribution in [3.63, 3.8) is 0 Å². The molecule has 0 radical (unpaired) electrons. The van der Waals surface area contributed by atoms with Crippen LogP contribution in [0.3, 0.4) is 0 Å². The lowest BCUT2D eigenvalue weighted by Crippen LogP contribution is -2.18. The van der Waals surface area contributed by atoms with E-state index in [0.717, 1.165) is 5.56 Å². The summed E-state index contributed by atoms with van der Waals surface area (Å²) >= 11 is 0. The number of nitrogens with zero attached hydrogens (tertiary/aromatic N) is 1. The SMILES string of the molecule is Cc1ccc(OC(=O)COC(=O)c2ccc(OC#N)cc2)cc1. The topological polar surface area (TPSA) is 85.6 Å². The molecule has 116 valence electrons. The van der Waals surface area contributed by atoms with E-state index in [9.17, 15) is 9.59 Å². The molecule has 0 saturated heterocycles. The molecule has 0 unspecified atom stereocenters. The van der Waals surface area contributed by atoms with Crippen LogP contribution < -0.4 is 9.47 Å². The van der Waals surface area contributed by atoms with Crippen LogP contribution in [0.2, 0.25) is 0 Å². The minimum Gasteiger partial charge on any atom is -0.450 e. The second-order valence-corrected chi connectivity index (χ2v) is 4.58. The Bertz CT molecular complexity index is 729. The predicted molar refractivity (Wildman–Crippen MR) is 79.8 cm³/mol. The van der Waals surface area contributed by atoms with Crippen molar-refractivity contribution >= 4 is 11.9 Å². The van der Waals surface area contributed by atoms with Crippen LogP contribution in [-0.4, -0.2) is 18.5 Å². The molecule has 23 heavy (non-hydrogen) atoms. The maximum Gasteiger partial charge on any atom is 0.349 e.